The minimum atomic E-state index is -1.44. The number of carbonyl (C=O) groups is 3. The Kier molecular flexibility index (Phi) is 4.90. The van der Waals surface area contributed by atoms with Gasteiger partial charge in [-0.05, 0) is 12.8 Å². The zero-order chi connectivity index (χ0) is 13.7. The van der Waals surface area contributed by atoms with Gasteiger partial charge in [-0.3, -0.25) is 4.79 Å². The van der Waals surface area contributed by atoms with Gasteiger partial charge in [0.1, 0.15) is 6.04 Å². The lowest BCUT2D eigenvalue weighted by Gasteiger charge is -2.30. The van der Waals surface area contributed by atoms with E-state index in [1.165, 1.54) is 4.90 Å². The second-order valence-corrected chi connectivity index (χ2v) is 4.16. The Hall–Kier alpha value is -1.83. The molecule has 4 N–H and O–H groups in total. The maximum absolute atomic E-state index is 11.7. The van der Waals surface area contributed by atoms with Gasteiger partial charge < -0.3 is 25.5 Å². The van der Waals surface area contributed by atoms with E-state index in [4.69, 9.17) is 10.2 Å². The number of carbonyl (C=O) groups excluding carboxylic acids is 1. The van der Waals surface area contributed by atoms with E-state index < -0.39 is 36.5 Å². The van der Waals surface area contributed by atoms with Gasteiger partial charge in [0.2, 0.25) is 0 Å². The standard InChI is InChI=1S/C10H16N2O6/c13-6-1-3-12(4-2-6)10(18)11-7(9(16)17)5-8(14)15/h6-7,13H,1-5H2,(H,11,18)(H,14,15)(H,16,17). The molecular formula is C10H16N2O6. The fourth-order valence-electron chi connectivity index (χ4n) is 1.68. The van der Waals surface area contributed by atoms with Gasteiger partial charge in [0, 0.05) is 13.1 Å². The summed E-state index contributed by atoms with van der Waals surface area (Å²) in [6, 6.07) is -2.06. The molecule has 1 aliphatic rings. The molecule has 1 unspecified atom stereocenters. The Labute approximate surface area is 103 Å². The number of hydrogen-bond donors (Lipinski definition) is 4. The predicted molar refractivity (Wildman–Crippen MR) is 59.0 cm³/mol. The summed E-state index contributed by atoms with van der Waals surface area (Å²) in [5.74, 6) is -2.68. The van der Waals surface area contributed by atoms with Gasteiger partial charge in [-0.2, -0.15) is 0 Å². The summed E-state index contributed by atoms with van der Waals surface area (Å²) in [4.78, 5) is 34.3. The monoisotopic (exact) mass is 260 g/mol. The average molecular weight is 260 g/mol. The van der Waals surface area contributed by atoms with Crippen LogP contribution in [0.15, 0.2) is 0 Å². The van der Waals surface area contributed by atoms with Crippen LogP contribution in [0.4, 0.5) is 4.79 Å². The van der Waals surface area contributed by atoms with Crippen molar-refractivity contribution in [1.29, 1.82) is 0 Å². The summed E-state index contributed by atoms with van der Waals surface area (Å²) in [6.07, 6.45) is -0.241. The van der Waals surface area contributed by atoms with Gasteiger partial charge >= 0.3 is 18.0 Å². The molecule has 1 rings (SSSR count). The highest BCUT2D eigenvalue weighted by atomic mass is 16.4. The zero-order valence-electron chi connectivity index (χ0n) is 9.70. The molecule has 0 bridgehead atoms. The molecule has 8 heteroatoms. The van der Waals surface area contributed by atoms with Gasteiger partial charge in [0.05, 0.1) is 12.5 Å². The van der Waals surface area contributed by atoms with Gasteiger partial charge in [-0.1, -0.05) is 0 Å². The molecule has 0 aromatic carbocycles. The lowest BCUT2D eigenvalue weighted by atomic mass is 10.1. The first-order valence-corrected chi connectivity index (χ1v) is 5.58. The summed E-state index contributed by atoms with van der Waals surface area (Å²) in [7, 11) is 0. The van der Waals surface area contributed by atoms with Gasteiger partial charge in [-0.15, -0.1) is 0 Å². The normalized spacial score (nSPS) is 18.2. The number of rotatable bonds is 4. The summed E-state index contributed by atoms with van der Waals surface area (Å²) in [5, 5.41) is 28.7. The molecule has 1 heterocycles. The van der Waals surface area contributed by atoms with Crippen molar-refractivity contribution in [1.82, 2.24) is 10.2 Å². The fraction of sp³-hybridized carbons (Fsp3) is 0.700. The van der Waals surface area contributed by atoms with E-state index >= 15 is 0 Å². The number of nitrogens with one attached hydrogen (secondary N) is 1. The highest BCUT2D eigenvalue weighted by Gasteiger charge is 2.27. The van der Waals surface area contributed by atoms with Crippen LogP contribution in [-0.2, 0) is 9.59 Å². The Morgan fingerprint density at radius 3 is 2.22 bits per heavy atom. The number of nitrogens with zero attached hydrogens (tertiary/aromatic N) is 1. The van der Waals surface area contributed by atoms with Crippen LogP contribution in [-0.4, -0.2) is 63.4 Å². The second-order valence-electron chi connectivity index (χ2n) is 4.16. The average Bonchev–Trinajstić information content (AvgIpc) is 2.28. The third kappa shape index (κ3) is 4.21. The molecule has 2 amide bonds. The molecule has 102 valence electrons. The summed E-state index contributed by atoms with van der Waals surface area (Å²) >= 11 is 0. The van der Waals surface area contributed by atoms with Crippen molar-refractivity contribution in [3.8, 4) is 0 Å². The number of aliphatic carboxylic acids is 2. The number of carboxylic acids is 2. The summed E-state index contributed by atoms with van der Waals surface area (Å²) in [5.41, 5.74) is 0. The quantitative estimate of drug-likeness (QED) is 0.517. The van der Waals surface area contributed by atoms with Crippen molar-refractivity contribution in [3.63, 3.8) is 0 Å². The van der Waals surface area contributed by atoms with Crippen LogP contribution in [0.25, 0.3) is 0 Å². The molecule has 0 aromatic rings. The number of aliphatic hydroxyl groups is 1. The lowest BCUT2D eigenvalue weighted by molar-refractivity contribution is -0.145. The van der Waals surface area contributed by atoms with Crippen LogP contribution in [0.1, 0.15) is 19.3 Å². The van der Waals surface area contributed by atoms with Crippen molar-refractivity contribution in [2.45, 2.75) is 31.4 Å². The molecule has 1 fully saturated rings. The van der Waals surface area contributed by atoms with Crippen LogP contribution in [0.2, 0.25) is 0 Å². The van der Waals surface area contributed by atoms with Gasteiger partial charge in [-0.25, -0.2) is 9.59 Å². The Morgan fingerprint density at radius 1 is 1.22 bits per heavy atom. The zero-order valence-corrected chi connectivity index (χ0v) is 9.70. The van der Waals surface area contributed by atoms with Crippen LogP contribution in [0.5, 0.6) is 0 Å². The van der Waals surface area contributed by atoms with E-state index in [1.807, 2.05) is 0 Å². The van der Waals surface area contributed by atoms with Crippen molar-refractivity contribution in [3.05, 3.63) is 0 Å². The molecule has 0 aliphatic carbocycles. The number of carboxylic acid groups (broad SMARTS) is 2. The minimum absolute atomic E-state index is 0.326. The Balaban J connectivity index is 2.50. The number of likely N-dealkylation sites (tertiary alicyclic amines) is 1. The number of aliphatic hydroxyl groups excluding tert-OH is 1. The highest BCUT2D eigenvalue weighted by molar-refractivity contribution is 5.86. The van der Waals surface area contributed by atoms with E-state index in [0.29, 0.717) is 25.9 Å². The van der Waals surface area contributed by atoms with Crippen molar-refractivity contribution >= 4 is 18.0 Å². The van der Waals surface area contributed by atoms with E-state index in [1.54, 1.807) is 0 Å². The maximum atomic E-state index is 11.7. The van der Waals surface area contributed by atoms with Crippen LogP contribution >= 0.6 is 0 Å². The fourth-order valence-corrected chi connectivity index (χ4v) is 1.68. The SMILES string of the molecule is O=C(O)CC(NC(=O)N1CCC(O)CC1)C(=O)O. The topological polar surface area (TPSA) is 127 Å². The molecule has 0 aromatic heterocycles. The highest BCUT2D eigenvalue weighted by Crippen LogP contribution is 2.10. The van der Waals surface area contributed by atoms with Gasteiger partial charge in [0.15, 0.2) is 0 Å². The molecule has 1 aliphatic heterocycles. The first-order valence-electron chi connectivity index (χ1n) is 5.58. The smallest absolute Gasteiger partial charge is 0.326 e. The lowest BCUT2D eigenvalue weighted by Crippen LogP contribution is -2.51. The first kappa shape index (κ1) is 14.2. The van der Waals surface area contributed by atoms with E-state index in [9.17, 15) is 19.5 Å². The van der Waals surface area contributed by atoms with Crippen molar-refractivity contribution < 1.29 is 29.7 Å². The minimum Gasteiger partial charge on any atom is -0.481 e. The van der Waals surface area contributed by atoms with E-state index in [0.717, 1.165) is 0 Å². The molecular weight excluding hydrogens is 244 g/mol. The molecule has 1 atom stereocenters. The second kappa shape index (κ2) is 6.20. The van der Waals surface area contributed by atoms with E-state index in [-0.39, 0.29) is 0 Å². The number of urea groups is 1. The van der Waals surface area contributed by atoms with Crippen molar-refractivity contribution in [2.75, 3.05) is 13.1 Å². The number of piperidine rings is 1. The first-order chi connectivity index (χ1) is 8.40. The van der Waals surface area contributed by atoms with Crippen LogP contribution in [0.3, 0.4) is 0 Å². The maximum Gasteiger partial charge on any atom is 0.326 e. The number of amides is 2. The third-order valence-corrected chi connectivity index (χ3v) is 2.73. The van der Waals surface area contributed by atoms with Gasteiger partial charge in [0.25, 0.3) is 0 Å². The van der Waals surface area contributed by atoms with E-state index in [2.05, 4.69) is 5.32 Å². The Morgan fingerprint density at radius 2 is 1.78 bits per heavy atom. The molecule has 0 saturated carbocycles. The predicted octanol–water partition coefficient (Wildman–Crippen LogP) is -0.919. The Bertz CT molecular complexity index is 337. The molecule has 8 nitrogen and oxygen atoms in total. The molecule has 0 radical (unpaired) electrons. The molecule has 1 saturated heterocycles. The largest absolute Gasteiger partial charge is 0.481 e. The van der Waals surface area contributed by atoms with Crippen LogP contribution < -0.4 is 5.32 Å². The summed E-state index contributed by atoms with van der Waals surface area (Å²) < 4.78 is 0. The molecule has 0 spiro atoms. The van der Waals surface area contributed by atoms with Crippen LogP contribution in [0, 0.1) is 0 Å². The summed E-state index contributed by atoms with van der Waals surface area (Å²) in [6.45, 7) is 0.652. The van der Waals surface area contributed by atoms with Crippen molar-refractivity contribution in [2.24, 2.45) is 0 Å². The third-order valence-electron chi connectivity index (χ3n) is 2.73. The number of hydrogen-bond acceptors (Lipinski definition) is 4. The molecule has 18 heavy (non-hydrogen) atoms.